The minimum Gasteiger partial charge on any atom is -0.478 e. The fourth-order valence-corrected chi connectivity index (χ4v) is 3.45. The van der Waals surface area contributed by atoms with Gasteiger partial charge in [-0.25, -0.2) is 14.6 Å². The van der Waals surface area contributed by atoms with Crippen LogP contribution in [-0.2, 0) is 0 Å². The quantitative estimate of drug-likeness (QED) is 0.733. The molecule has 0 spiro atoms. The number of hydrogen-bond acceptors (Lipinski definition) is 4. The first-order valence-electron chi connectivity index (χ1n) is 9.10. The number of carboxylic acids is 1. The number of para-hydroxylation sites is 1. The molecule has 7 heteroatoms. The summed E-state index contributed by atoms with van der Waals surface area (Å²) in [5.41, 5.74) is 0.382. The second-order valence-corrected chi connectivity index (χ2v) is 6.61. The Balaban J connectivity index is 1.44. The zero-order chi connectivity index (χ0) is 19.5. The van der Waals surface area contributed by atoms with Gasteiger partial charge in [-0.05, 0) is 23.6 Å². The summed E-state index contributed by atoms with van der Waals surface area (Å²) in [6.45, 7) is 2.39. The number of nitrogens with one attached hydrogen (secondary N) is 1. The van der Waals surface area contributed by atoms with Gasteiger partial charge in [0.1, 0.15) is 5.82 Å². The van der Waals surface area contributed by atoms with E-state index in [9.17, 15) is 14.7 Å². The van der Waals surface area contributed by atoms with Crippen molar-refractivity contribution in [2.24, 2.45) is 0 Å². The molecule has 2 heterocycles. The number of benzene rings is 2. The van der Waals surface area contributed by atoms with Crippen LogP contribution in [0, 0.1) is 0 Å². The number of carboxylic acid groups (broad SMARTS) is 1. The molecule has 0 aliphatic carbocycles. The maximum absolute atomic E-state index is 12.6. The highest BCUT2D eigenvalue weighted by Crippen LogP contribution is 2.25. The van der Waals surface area contributed by atoms with Crippen LogP contribution in [0.2, 0.25) is 0 Å². The topological polar surface area (TPSA) is 85.8 Å². The molecule has 1 saturated heterocycles. The summed E-state index contributed by atoms with van der Waals surface area (Å²) in [7, 11) is 0. The smallest absolute Gasteiger partial charge is 0.337 e. The lowest BCUT2D eigenvalue weighted by molar-refractivity contribution is 0.0698. The lowest BCUT2D eigenvalue weighted by Crippen LogP contribution is -2.50. The van der Waals surface area contributed by atoms with Crippen LogP contribution in [0.4, 0.5) is 16.3 Å². The third-order valence-electron chi connectivity index (χ3n) is 4.92. The van der Waals surface area contributed by atoms with E-state index in [1.54, 1.807) is 29.3 Å². The standard InChI is InChI=1S/C21H20N4O3/c26-20(27)17-7-3-4-8-18(17)23-21(28)25-13-11-24(12-14-25)19-16-6-2-1-5-15(16)9-10-22-19/h1-10H,11-14H2,(H,23,28)(H,26,27). The maximum atomic E-state index is 12.6. The molecular formula is C21H20N4O3. The largest absolute Gasteiger partial charge is 0.478 e. The van der Waals surface area contributed by atoms with Crippen LogP contribution in [0.3, 0.4) is 0 Å². The molecule has 2 N–H and O–H groups in total. The van der Waals surface area contributed by atoms with E-state index in [1.807, 2.05) is 18.2 Å². The van der Waals surface area contributed by atoms with Gasteiger partial charge < -0.3 is 20.2 Å². The lowest BCUT2D eigenvalue weighted by Gasteiger charge is -2.35. The number of urea groups is 1. The number of hydrogen-bond donors (Lipinski definition) is 2. The Labute approximate surface area is 162 Å². The summed E-state index contributed by atoms with van der Waals surface area (Å²) in [5.74, 6) is -0.142. The molecule has 142 valence electrons. The van der Waals surface area contributed by atoms with Crippen molar-refractivity contribution in [2.45, 2.75) is 0 Å². The van der Waals surface area contributed by atoms with Crippen LogP contribution >= 0.6 is 0 Å². The highest BCUT2D eigenvalue weighted by molar-refractivity contribution is 6.00. The summed E-state index contributed by atoms with van der Waals surface area (Å²) in [4.78, 5) is 32.3. The van der Waals surface area contributed by atoms with E-state index in [4.69, 9.17) is 0 Å². The first-order chi connectivity index (χ1) is 13.6. The second-order valence-electron chi connectivity index (χ2n) is 6.61. The van der Waals surface area contributed by atoms with E-state index < -0.39 is 5.97 Å². The molecule has 0 unspecified atom stereocenters. The average molecular weight is 376 g/mol. The Hall–Kier alpha value is -3.61. The minimum absolute atomic E-state index is 0.0782. The van der Waals surface area contributed by atoms with Crippen LogP contribution < -0.4 is 10.2 Å². The second kappa shape index (κ2) is 7.56. The van der Waals surface area contributed by atoms with Crippen molar-refractivity contribution < 1.29 is 14.7 Å². The van der Waals surface area contributed by atoms with E-state index in [-0.39, 0.29) is 11.6 Å². The van der Waals surface area contributed by atoms with Gasteiger partial charge in [0.15, 0.2) is 0 Å². The number of fused-ring (bicyclic) bond motifs is 1. The number of amides is 2. The molecule has 0 radical (unpaired) electrons. The molecule has 2 amide bonds. The van der Waals surface area contributed by atoms with Gasteiger partial charge in [0.05, 0.1) is 11.3 Å². The van der Waals surface area contributed by atoms with Crippen molar-refractivity contribution in [3.63, 3.8) is 0 Å². The molecule has 7 nitrogen and oxygen atoms in total. The van der Waals surface area contributed by atoms with Gasteiger partial charge >= 0.3 is 12.0 Å². The van der Waals surface area contributed by atoms with E-state index in [2.05, 4.69) is 27.3 Å². The number of aromatic carboxylic acids is 1. The summed E-state index contributed by atoms with van der Waals surface area (Å²) >= 11 is 0. The molecule has 4 rings (SSSR count). The highest BCUT2D eigenvalue weighted by Gasteiger charge is 2.24. The Morgan fingerprint density at radius 3 is 2.43 bits per heavy atom. The molecule has 0 bridgehead atoms. The van der Waals surface area contributed by atoms with Crippen LogP contribution in [0.25, 0.3) is 10.8 Å². The third kappa shape index (κ3) is 3.46. The Bertz CT molecular complexity index is 1020. The molecule has 3 aromatic rings. The average Bonchev–Trinajstić information content (AvgIpc) is 2.73. The Kier molecular flexibility index (Phi) is 4.80. The maximum Gasteiger partial charge on any atom is 0.337 e. The molecule has 0 saturated carbocycles. The number of carbonyl (C=O) groups is 2. The monoisotopic (exact) mass is 376 g/mol. The number of piperazine rings is 1. The van der Waals surface area contributed by atoms with Gasteiger partial charge in [-0.3, -0.25) is 0 Å². The van der Waals surface area contributed by atoms with Crippen LogP contribution in [-0.4, -0.2) is 53.2 Å². The summed E-state index contributed by atoms with van der Waals surface area (Å²) in [6, 6.07) is 16.2. The van der Waals surface area contributed by atoms with Gasteiger partial charge in [-0.1, -0.05) is 36.4 Å². The van der Waals surface area contributed by atoms with Gasteiger partial charge in [0, 0.05) is 37.8 Å². The first kappa shape index (κ1) is 17.8. The zero-order valence-electron chi connectivity index (χ0n) is 15.2. The van der Waals surface area contributed by atoms with Crippen LogP contribution in [0.15, 0.2) is 60.8 Å². The van der Waals surface area contributed by atoms with Crippen molar-refractivity contribution >= 4 is 34.3 Å². The van der Waals surface area contributed by atoms with E-state index in [0.29, 0.717) is 31.9 Å². The van der Waals surface area contributed by atoms with Gasteiger partial charge in [0.25, 0.3) is 0 Å². The molecule has 2 aromatic carbocycles. The third-order valence-corrected chi connectivity index (χ3v) is 4.92. The van der Waals surface area contributed by atoms with Crippen molar-refractivity contribution in [2.75, 3.05) is 36.4 Å². The van der Waals surface area contributed by atoms with Crippen LogP contribution in [0.1, 0.15) is 10.4 Å². The van der Waals surface area contributed by atoms with Crippen molar-refractivity contribution in [3.05, 3.63) is 66.4 Å². The molecule has 1 fully saturated rings. The number of carbonyl (C=O) groups excluding carboxylic acids is 1. The number of anilines is 2. The predicted molar refractivity (Wildman–Crippen MR) is 108 cm³/mol. The molecular weight excluding hydrogens is 356 g/mol. The Morgan fingerprint density at radius 1 is 0.929 bits per heavy atom. The first-order valence-corrected chi connectivity index (χ1v) is 9.10. The normalized spacial score (nSPS) is 14.1. The number of aromatic nitrogens is 1. The zero-order valence-corrected chi connectivity index (χ0v) is 15.2. The number of pyridine rings is 1. The van der Waals surface area contributed by atoms with Crippen molar-refractivity contribution in [1.29, 1.82) is 0 Å². The number of nitrogens with zero attached hydrogens (tertiary/aromatic N) is 3. The Morgan fingerprint density at radius 2 is 1.64 bits per heavy atom. The minimum atomic E-state index is -1.07. The molecule has 28 heavy (non-hydrogen) atoms. The van der Waals surface area contributed by atoms with Gasteiger partial charge in [-0.15, -0.1) is 0 Å². The van der Waals surface area contributed by atoms with E-state index >= 15 is 0 Å². The lowest BCUT2D eigenvalue weighted by atomic mass is 10.1. The SMILES string of the molecule is O=C(O)c1ccccc1NC(=O)N1CCN(c2nccc3ccccc23)CC1. The molecule has 1 aromatic heterocycles. The highest BCUT2D eigenvalue weighted by atomic mass is 16.4. The summed E-state index contributed by atoms with van der Waals surface area (Å²) in [6.07, 6.45) is 1.81. The molecule has 1 aliphatic rings. The van der Waals surface area contributed by atoms with Crippen LogP contribution in [0.5, 0.6) is 0 Å². The predicted octanol–water partition coefficient (Wildman–Crippen LogP) is 3.29. The van der Waals surface area contributed by atoms with E-state index in [1.165, 1.54) is 6.07 Å². The summed E-state index contributed by atoms with van der Waals surface area (Å²) in [5, 5.41) is 14.2. The molecule has 1 aliphatic heterocycles. The fourth-order valence-electron chi connectivity index (χ4n) is 3.45. The fraction of sp³-hybridized carbons (Fsp3) is 0.190. The van der Waals surface area contributed by atoms with Gasteiger partial charge in [0.2, 0.25) is 0 Å². The molecule has 0 atom stereocenters. The van der Waals surface area contributed by atoms with Crippen molar-refractivity contribution in [1.82, 2.24) is 9.88 Å². The van der Waals surface area contributed by atoms with Gasteiger partial charge in [-0.2, -0.15) is 0 Å². The van der Waals surface area contributed by atoms with Crippen molar-refractivity contribution in [3.8, 4) is 0 Å². The van der Waals surface area contributed by atoms with E-state index in [0.717, 1.165) is 16.6 Å². The summed E-state index contributed by atoms with van der Waals surface area (Å²) < 4.78 is 0. The number of rotatable bonds is 3.